The van der Waals surface area contributed by atoms with Crippen LogP contribution in [-0.2, 0) is 6.54 Å². The third kappa shape index (κ3) is 2.34. The number of aliphatic hydroxyl groups is 2. The maximum atomic E-state index is 11.5. The lowest BCUT2D eigenvalue weighted by atomic mass is 10.0. The van der Waals surface area contributed by atoms with Gasteiger partial charge in [-0.15, -0.1) is 0 Å². The van der Waals surface area contributed by atoms with Crippen LogP contribution >= 0.6 is 0 Å². The Morgan fingerprint density at radius 2 is 2.33 bits per heavy atom. The fraction of sp³-hybridized carbons (Fsp3) is 0.500. The topological polar surface area (TPSA) is 130 Å². The molecule has 8 nitrogen and oxygen atoms in total. The summed E-state index contributed by atoms with van der Waals surface area (Å²) in [7, 11) is 0. The lowest BCUT2D eigenvalue weighted by Gasteiger charge is -2.20. The van der Waals surface area contributed by atoms with Crippen LogP contribution in [0.4, 0.5) is 5.95 Å². The zero-order valence-electron chi connectivity index (χ0n) is 9.92. The number of nitrogens with one attached hydrogen (secondary N) is 1. The highest BCUT2D eigenvalue weighted by Crippen LogP contribution is 2.13. The number of nitrogens with two attached hydrogens (primary N) is 1. The zero-order valence-corrected chi connectivity index (χ0v) is 9.92. The van der Waals surface area contributed by atoms with Gasteiger partial charge in [-0.1, -0.05) is 0 Å². The van der Waals surface area contributed by atoms with Crippen LogP contribution in [0.25, 0.3) is 11.2 Å². The van der Waals surface area contributed by atoms with Gasteiger partial charge in [0.05, 0.1) is 18.5 Å². The quantitative estimate of drug-likeness (QED) is 0.543. The minimum atomic E-state index is -1.18. The molecule has 0 radical (unpaired) electrons. The monoisotopic (exact) mass is 253 g/mol. The van der Waals surface area contributed by atoms with Crippen molar-refractivity contribution in [3.8, 4) is 0 Å². The lowest BCUT2D eigenvalue weighted by molar-refractivity contribution is -0.00801. The summed E-state index contributed by atoms with van der Waals surface area (Å²) in [6.07, 6.45) is 1.77. The molecule has 0 unspecified atom stereocenters. The number of rotatable bonds is 4. The molecule has 0 aliphatic heterocycles. The van der Waals surface area contributed by atoms with E-state index in [1.54, 1.807) is 4.57 Å². The predicted octanol–water partition coefficient (Wildman–Crippen LogP) is -1.16. The van der Waals surface area contributed by atoms with Crippen molar-refractivity contribution < 1.29 is 10.2 Å². The van der Waals surface area contributed by atoms with Gasteiger partial charge in [0, 0.05) is 6.54 Å². The minimum Gasteiger partial charge on any atom is -0.393 e. The highest BCUT2D eigenvalue weighted by atomic mass is 16.3. The third-order valence-corrected chi connectivity index (χ3v) is 2.73. The number of aromatic nitrogens is 4. The predicted molar refractivity (Wildman–Crippen MR) is 64.9 cm³/mol. The Morgan fingerprint density at radius 3 is 3.00 bits per heavy atom. The number of anilines is 1. The van der Waals surface area contributed by atoms with Crippen molar-refractivity contribution >= 4 is 17.1 Å². The maximum absolute atomic E-state index is 11.5. The first kappa shape index (κ1) is 12.5. The Hall–Kier alpha value is -1.93. The minimum absolute atomic E-state index is 0.0168. The average molecular weight is 253 g/mol. The van der Waals surface area contributed by atoms with Crippen LogP contribution in [0.3, 0.4) is 0 Å². The van der Waals surface area contributed by atoms with Gasteiger partial charge in [-0.05, 0) is 13.3 Å². The molecule has 5 N–H and O–H groups in total. The molecule has 0 amide bonds. The molecule has 0 aliphatic rings. The van der Waals surface area contributed by atoms with E-state index in [1.165, 1.54) is 13.3 Å². The van der Waals surface area contributed by atoms with E-state index in [0.29, 0.717) is 18.6 Å². The second-order valence-electron chi connectivity index (χ2n) is 4.47. The molecule has 98 valence electrons. The maximum Gasteiger partial charge on any atom is 0.280 e. The Labute approximate surface area is 102 Å². The molecule has 2 aromatic rings. The number of hydrogen-bond donors (Lipinski definition) is 4. The summed E-state index contributed by atoms with van der Waals surface area (Å²) < 4.78 is 1.62. The van der Waals surface area contributed by atoms with Crippen molar-refractivity contribution in [2.45, 2.75) is 25.5 Å². The first-order valence-corrected chi connectivity index (χ1v) is 5.47. The summed E-state index contributed by atoms with van der Waals surface area (Å²) in [5, 5.41) is 18.7. The van der Waals surface area contributed by atoms with Crippen LogP contribution in [-0.4, -0.2) is 41.9 Å². The molecule has 2 aromatic heterocycles. The summed E-state index contributed by atoms with van der Waals surface area (Å²) in [6.45, 7) is 1.57. The molecular weight excluding hydrogens is 238 g/mol. The zero-order chi connectivity index (χ0) is 13.3. The van der Waals surface area contributed by atoms with Gasteiger partial charge in [0.1, 0.15) is 0 Å². The first-order chi connectivity index (χ1) is 8.43. The Balaban J connectivity index is 2.33. The number of H-pyrrole nitrogens is 1. The van der Waals surface area contributed by atoms with Gasteiger partial charge < -0.3 is 20.5 Å². The van der Waals surface area contributed by atoms with Crippen LogP contribution in [0.2, 0.25) is 0 Å². The molecule has 0 bridgehead atoms. The molecule has 18 heavy (non-hydrogen) atoms. The lowest BCUT2D eigenvalue weighted by Crippen LogP contribution is -2.30. The molecule has 0 saturated heterocycles. The average Bonchev–Trinajstić information content (AvgIpc) is 2.70. The van der Waals surface area contributed by atoms with Crippen molar-refractivity contribution in [3.05, 3.63) is 16.7 Å². The number of aliphatic hydroxyl groups excluding tert-OH is 1. The van der Waals surface area contributed by atoms with Gasteiger partial charge in [-0.3, -0.25) is 9.78 Å². The van der Waals surface area contributed by atoms with Crippen molar-refractivity contribution in [1.29, 1.82) is 0 Å². The Bertz CT molecular complexity index is 615. The van der Waals surface area contributed by atoms with E-state index < -0.39 is 11.2 Å². The van der Waals surface area contributed by atoms with E-state index in [1.807, 2.05) is 0 Å². The molecule has 0 saturated carbocycles. The molecule has 0 aromatic carbocycles. The number of imidazole rings is 1. The second-order valence-corrected chi connectivity index (χ2v) is 4.47. The Kier molecular flexibility index (Phi) is 3.05. The standard InChI is InChI=1S/C10H15N5O3/c1-10(18,4-16)2-3-15-5-12-6-7(15)13-9(11)14-8(6)17/h5,16,18H,2-4H2,1H3,(H3,11,13,14,17)/t10-/m0/s1. The van der Waals surface area contributed by atoms with Crippen molar-refractivity contribution in [3.63, 3.8) is 0 Å². The number of aryl methyl sites for hydroxylation is 1. The molecule has 0 spiro atoms. The summed E-state index contributed by atoms with van der Waals surface area (Å²) in [5.74, 6) is 0.0168. The summed E-state index contributed by atoms with van der Waals surface area (Å²) >= 11 is 0. The van der Waals surface area contributed by atoms with E-state index in [4.69, 9.17) is 10.8 Å². The van der Waals surface area contributed by atoms with E-state index in [9.17, 15) is 9.90 Å². The van der Waals surface area contributed by atoms with Crippen molar-refractivity contribution in [2.24, 2.45) is 0 Å². The van der Waals surface area contributed by atoms with E-state index >= 15 is 0 Å². The smallest absolute Gasteiger partial charge is 0.280 e. The molecule has 2 heterocycles. The Morgan fingerprint density at radius 1 is 1.61 bits per heavy atom. The highest BCUT2D eigenvalue weighted by Gasteiger charge is 2.19. The normalized spacial score (nSPS) is 14.8. The van der Waals surface area contributed by atoms with Crippen molar-refractivity contribution in [1.82, 2.24) is 19.5 Å². The second kappa shape index (κ2) is 4.39. The van der Waals surface area contributed by atoms with Crippen LogP contribution in [0.15, 0.2) is 11.1 Å². The molecule has 2 rings (SSSR count). The fourth-order valence-electron chi connectivity index (χ4n) is 1.57. The van der Waals surface area contributed by atoms with Crippen LogP contribution in [0, 0.1) is 0 Å². The van der Waals surface area contributed by atoms with Gasteiger partial charge in [-0.25, -0.2) is 4.98 Å². The van der Waals surface area contributed by atoms with E-state index in [2.05, 4.69) is 15.0 Å². The summed E-state index contributed by atoms with van der Waals surface area (Å²) in [4.78, 5) is 21.8. The highest BCUT2D eigenvalue weighted by molar-refractivity contribution is 5.70. The molecular formula is C10H15N5O3. The third-order valence-electron chi connectivity index (χ3n) is 2.73. The van der Waals surface area contributed by atoms with Gasteiger partial charge in [0.2, 0.25) is 5.95 Å². The number of nitrogen functional groups attached to an aromatic ring is 1. The summed E-state index contributed by atoms with van der Waals surface area (Å²) in [6, 6.07) is 0. The number of hydrogen-bond acceptors (Lipinski definition) is 6. The van der Waals surface area contributed by atoms with Crippen molar-refractivity contribution in [2.75, 3.05) is 12.3 Å². The molecule has 8 heteroatoms. The van der Waals surface area contributed by atoms with Gasteiger partial charge in [-0.2, -0.15) is 4.98 Å². The number of aromatic amines is 1. The van der Waals surface area contributed by atoms with Crippen LogP contribution < -0.4 is 11.3 Å². The SMILES string of the molecule is C[C@@](O)(CO)CCn1cnc2c(=O)[nH]c(N)nc21. The number of nitrogens with zero attached hydrogens (tertiary/aromatic N) is 3. The largest absolute Gasteiger partial charge is 0.393 e. The fourth-order valence-corrected chi connectivity index (χ4v) is 1.57. The molecule has 0 fully saturated rings. The summed E-state index contributed by atoms with van der Waals surface area (Å²) in [5.41, 5.74) is 4.46. The van der Waals surface area contributed by atoms with Gasteiger partial charge >= 0.3 is 0 Å². The van der Waals surface area contributed by atoms with Gasteiger partial charge in [0.15, 0.2) is 11.2 Å². The number of fused-ring (bicyclic) bond motifs is 1. The molecule has 1 atom stereocenters. The van der Waals surface area contributed by atoms with E-state index in [0.717, 1.165) is 0 Å². The first-order valence-electron chi connectivity index (χ1n) is 5.47. The van der Waals surface area contributed by atoms with E-state index in [-0.39, 0.29) is 18.1 Å². The van der Waals surface area contributed by atoms with Crippen LogP contribution in [0.5, 0.6) is 0 Å². The van der Waals surface area contributed by atoms with Crippen LogP contribution in [0.1, 0.15) is 13.3 Å². The molecule has 0 aliphatic carbocycles. The van der Waals surface area contributed by atoms with Gasteiger partial charge in [0.25, 0.3) is 5.56 Å².